The molecular weight excluding hydrogens is 489 g/mol. The van der Waals surface area contributed by atoms with E-state index in [2.05, 4.69) is 164 Å². The van der Waals surface area contributed by atoms with Crippen LogP contribution >= 0.6 is 0 Å². The van der Waals surface area contributed by atoms with Crippen LogP contribution < -0.4 is 9.29 Å². The third kappa shape index (κ3) is 3.50. The van der Waals surface area contributed by atoms with Crippen molar-refractivity contribution < 1.29 is 4.48 Å². The minimum atomic E-state index is -0.138. The van der Waals surface area contributed by atoms with Gasteiger partial charge in [-0.1, -0.05) is 103 Å². The smallest absolute Gasteiger partial charge is 0.355 e. The SMILES string of the molecule is [c-]1n(-c2ccccc2)c2ccccc2[n+]1B1C=CC=CN1c1cccc(-n2c3ccccc3c3ccccc32)n1. The largest absolute Gasteiger partial charge is 0.516 e. The second kappa shape index (κ2) is 9.14. The van der Waals surface area contributed by atoms with Crippen molar-refractivity contribution in [2.24, 2.45) is 0 Å². The Kier molecular flexibility index (Phi) is 5.17. The average molecular weight is 513 g/mol. The van der Waals surface area contributed by atoms with E-state index in [1.165, 1.54) is 10.8 Å². The summed E-state index contributed by atoms with van der Waals surface area (Å²) in [4.78, 5) is 7.43. The van der Waals surface area contributed by atoms with Crippen molar-refractivity contribution in [1.29, 1.82) is 0 Å². The van der Waals surface area contributed by atoms with Crippen molar-refractivity contribution in [3.8, 4) is 11.5 Å². The highest BCUT2D eigenvalue weighted by atomic mass is 15.2. The van der Waals surface area contributed by atoms with Crippen LogP contribution in [0.25, 0.3) is 44.3 Å². The lowest BCUT2D eigenvalue weighted by Crippen LogP contribution is -2.60. The summed E-state index contributed by atoms with van der Waals surface area (Å²) in [6.07, 6.45) is 9.88. The Labute approximate surface area is 232 Å². The van der Waals surface area contributed by atoms with Crippen LogP contribution in [-0.2, 0) is 0 Å². The molecule has 1 aliphatic heterocycles. The standard InChI is InChI=1S/C34H24BN5/c1-2-13-26(14-3-1)37-25-39(32-20-9-8-19-31(32)37)35-23-10-11-24-38(35)33-21-12-22-34(36-33)40-29-17-6-4-15-27(29)28-16-5-7-18-30(28)40/h1-24H. The monoisotopic (exact) mass is 513 g/mol. The number of imidazole rings is 1. The van der Waals surface area contributed by atoms with Gasteiger partial charge in [0.1, 0.15) is 11.6 Å². The molecule has 0 saturated carbocycles. The zero-order chi connectivity index (χ0) is 26.5. The molecule has 4 heterocycles. The summed E-state index contributed by atoms with van der Waals surface area (Å²) in [6, 6.07) is 42.1. The fourth-order valence-electron chi connectivity index (χ4n) is 5.81. The number of nitrogens with zero attached hydrogens (tertiary/aromatic N) is 5. The maximum Gasteiger partial charge on any atom is 0.516 e. The van der Waals surface area contributed by atoms with Crippen molar-refractivity contribution in [2.45, 2.75) is 0 Å². The van der Waals surface area contributed by atoms with E-state index < -0.39 is 0 Å². The predicted octanol–water partition coefficient (Wildman–Crippen LogP) is 6.68. The molecule has 188 valence electrons. The van der Waals surface area contributed by atoms with Gasteiger partial charge in [-0.25, -0.2) is 4.98 Å². The number of anilines is 1. The first-order chi connectivity index (χ1) is 19.9. The molecule has 4 aromatic carbocycles. The molecule has 0 saturated heterocycles. The van der Waals surface area contributed by atoms with Gasteiger partial charge in [-0.2, -0.15) is 0 Å². The van der Waals surface area contributed by atoms with Crippen molar-refractivity contribution in [3.63, 3.8) is 0 Å². The van der Waals surface area contributed by atoms with Crippen LogP contribution in [0.2, 0.25) is 0 Å². The van der Waals surface area contributed by atoms with Gasteiger partial charge in [-0.15, -0.1) is 0 Å². The number of allylic oxidation sites excluding steroid dienone is 2. The molecule has 0 atom stereocenters. The van der Waals surface area contributed by atoms with Crippen LogP contribution in [-0.4, -0.2) is 21.1 Å². The van der Waals surface area contributed by atoms with E-state index >= 15 is 0 Å². The van der Waals surface area contributed by atoms with Gasteiger partial charge in [-0.05, 0) is 42.5 Å². The Morgan fingerprint density at radius 1 is 0.600 bits per heavy atom. The summed E-state index contributed by atoms with van der Waals surface area (Å²) in [7, 11) is 0. The van der Waals surface area contributed by atoms with Gasteiger partial charge in [0.25, 0.3) is 0 Å². The maximum atomic E-state index is 5.23. The Balaban J connectivity index is 1.28. The third-order valence-corrected chi connectivity index (χ3v) is 7.59. The second-order valence-corrected chi connectivity index (χ2v) is 9.90. The molecule has 0 N–H and O–H groups in total. The van der Waals surface area contributed by atoms with E-state index in [0.717, 1.165) is 39.4 Å². The molecule has 0 unspecified atom stereocenters. The molecular formula is C34H24BN5. The first kappa shape index (κ1) is 22.6. The van der Waals surface area contributed by atoms with Gasteiger partial charge in [-0.3, -0.25) is 4.57 Å². The first-order valence-corrected chi connectivity index (χ1v) is 13.5. The van der Waals surface area contributed by atoms with Gasteiger partial charge in [0.05, 0.1) is 22.2 Å². The van der Waals surface area contributed by atoms with Crippen molar-refractivity contribution in [3.05, 3.63) is 152 Å². The Morgan fingerprint density at radius 2 is 1.25 bits per heavy atom. The van der Waals surface area contributed by atoms with E-state index in [4.69, 9.17) is 4.98 Å². The molecule has 8 rings (SSSR count). The number of benzene rings is 4. The van der Waals surface area contributed by atoms with Crippen LogP contribution in [0.5, 0.6) is 0 Å². The zero-order valence-corrected chi connectivity index (χ0v) is 21.7. The Bertz CT molecular complexity index is 2030. The van der Waals surface area contributed by atoms with Crippen LogP contribution in [0.15, 0.2) is 146 Å². The number of hydrogen-bond donors (Lipinski definition) is 0. The summed E-state index contributed by atoms with van der Waals surface area (Å²) >= 11 is 0. The van der Waals surface area contributed by atoms with E-state index in [0.29, 0.717) is 0 Å². The van der Waals surface area contributed by atoms with Crippen LogP contribution in [0.3, 0.4) is 0 Å². The fraction of sp³-hybridized carbons (Fsp3) is 0. The van der Waals surface area contributed by atoms with Crippen molar-refractivity contribution >= 4 is 45.6 Å². The summed E-state index contributed by atoms with van der Waals surface area (Å²) in [6.45, 7) is -0.138. The van der Waals surface area contributed by atoms with Gasteiger partial charge >= 0.3 is 6.98 Å². The maximum absolute atomic E-state index is 5.23. The van der Waals surface area contributed by atoms with E-state index in [1.807, 2.05) is 6.07 Å². The molecule has 7 aromatic rings. The minimum absolute atomic E-state index is 0.138. The van der Waals surface area contributed by atoms with Crippen molar-refractivity contribution in [2.75, 3.05) is 4.81 Å². The van der Waals surface area contributed by atoms with E-state index in [9.17, 15) is 0 Å². The molecule has 5 nitrogen and oxygen atoms in total. The molecule has 3 aromatic heterocycles. The predicted molar refractivity (Wildman–Crippen MR) is 163 cm³/mol. The third-order valence-electron chi connectivity index (χ3n) is 7.59. The normalized spacial score (nSPS) is 13.2. The number of para-hydroxylation sites is 5. The topological polar surface area (TPSA) is 29.9 Å². The molecule has 0 bridgehead atoms. The van der Waals surface area contributed by atoms with Crippen LogP contribution in [0.4, 0.5) is 5.82 Å². The van der Waals surface area contributed by atoms with E-state index in [-0.39, 0.29) is 6.98 Å². The highest BCUT2D eigenvalue weighted by Crippen LogP contribution is 2.32. The molecule has 0 radical (unpaired) electrons. The quantitative estimate of drug-likeness (QED) is 0.194. The lowest BCUT2D eigenvalue weighted by Gasteiger charge is -2.25. The number of rotatable bonds is 4. The van der Waals surface area contributed by atoms with Crippen molar-refractivity contribution in [1.82, 2.24) is 14.1 Å². The lowest BCUT2D eigenvalue weighted by atomic mass is 9.71. The highest BCUT2D eigenvalue weighted by Gasteiger charge is 2.32. The number of fused-ring (bicyclic) bond motifs is 4. The molecule has 0 spiro atoms. The summed E-state index contributed by atoms with van der Waals surface area (Å²) in [5, 5.41) is 2.45. The summed E-state index contributed by atoms with van der Waals surface area (Å²) in [5.74, 6) is 3.94. The number of pyridine rings is 1. The molecule has 40 heavy (non-hydrogen) atoms. The van der Waals surface area contributed by atoms with Gasteiger partial charge in [0.2, 0.25) is 6.33 Å². The molecule has 0 amide bonds. The summed E-state index contributed by atoms with van der Waals surface area (Å²) in [5.41, 5.74) is 5.56. The first-order valence-electron chi connectivity index (χ1n) is 13.5. The average Bonchev–Trinajstić information content (AvgIpc) is 3.58. The molecule has 0 aliphatic carbocycles. The number of hydrogen-bond acceptors (Lipinski definition) is 2. The molecule has 1 aliphatic rings. The summed E-state index contributed by atoms with van der Waals surface area (Å²) < 4.78 is 6.58. The van der Waals surface area contributed by atoms with Gasteiger partial charge < -0.3 is 13.9 Å². The Hall–Kier alpha value is -5.36. The van der Waals surface area contributed by atoms with Gasteiger partial charge in [0, 0.05) is 16.3 Å². The molecule has 6 heteroatoms. The minimum Gasteiger partial charge on any atom is -0.355 e. The van der Waals surface area contributed by atoms with Gasteiger partial charge in [0.15, 0.2) is 0 Å². The van der Waals surface area contributed by atoms with Crippen LogP contribution in [0, 0.1) is 6.33 Å². The van der Waals surface area contributed by atoms with Crippen LogP contribution in [0.1, 0.15) is 0 Å². The Morgan fingerprint density at radius 3 is 2.02 bits per heavy atom. The number of aromatic nitrogens is 4. The fourth-order valence-corrected chi connectivity index (χ4v) is 5.81. The second-order valence-electron chi connectivity index (χ2n) is 9.90. The zero-order valence-electron chi connectivity index (χ0n) is 21.7. The van der Waals surface area contributed by atoms with E-state index in [1.54, 1.807) is 0 Å². The molecule has 0 fully saturated rings. The highest BCUT2D eigenvalue weighted by molar-refractivity contribution is 6.61. The lowest BCUT2D eigenvalue weighted by molar-refractivity contribution is -0.512.